The number of aliphatic hydroxyl groups is 2. The second kappa shape index (κ2) is 14.2. The highest BCUT2D eigenvalue weighted by molar-refractivity contribution is 9.10. The predicted octanol–water partition coefficient (Wildman–Crippen LogP) is 3.63. The van der Waals surface area contributed by atoms with Gasteiger partial charge in [-0.3, -0.25) is 23.7 Å². The molecule has 18 heteroatoms. The summed E-state index contributed by atoms with van der Waals surface area (Å²) in [5.41, 5.74) is 5.87. The number of aliphatic hydroxyl groups excluding tert-OH is 2. The van der Waals surface area contributed by atoms with E-state index in [4.69, 9.17) is 18.5 Å². The molecule has 47 heavy (non-hydrogen) atoms. The summed E-state index contributed by atoms with van der Waals surface area (Å²) < 4.78 is 38.1. The van der Waals surface area contributed by atoms with Crippen LogP contribution in [-0.2, 0) is 30.0 Å². The minimum absolute atomic E-state index is 0.0350. The number of carbonyl (C=O) groups is 1. The Labute approximate surface area is 274 Å². The third-order valence-corrected chi connectivity index (χ3v) is 9.59. The highest BCUT2D eigenvalue weighted by atomic mass is 79.9. The van der Waals surface area contributed by atoms with Gasteiger partial charge in [-0.15, -0.1) is 0 Å². The van der Waals surface area contributed by atoms with Gasteiger partial charge in [0.15, 0.2) is 6.23 Å². The van der Waals surface area contributed by atoms with Crippen LogP contribution in [0.15, 0.2) is 98.2 Å². The monoisotopic (exact) mass is 730 g/mol. The number of ether oxygens (including phenoxy) is 2. The molecule has 2 unspecified atom stereocenters. The Kier molecular flexibility index (Phi) is 10.3. The van der Waals surface area contributed by atoms with Gasteiger partial charge in [0, 0.05) is 17.2 Å². The number of carbonyl (C=O) groups excluding carboxylic acids is 1. The topological polar surface area (TPSA) is 227 Å². The molecule has 1 aliphatic heterocycles. The van der Waals surface area contributed by atoms with Gasteiger partial charge in [-0.05, 0) is 50.8 Å². The number of rotatable bonds is 12. The van der Waals surface area contributed by atoms with Gasteiger partial charge >= 0.3 is 19.4 Å². The molecule has 1 aliphatic rings. The van der Waals surface area contributed by atoms with Crippen molar-refractivity contribution in [1.82, 2.24) is 14.6 Å². The van der Waals surface area contributed by atoms with E-state index in [1.807, 2.05) is 17.1 Å². The molecule has 1 saturated heterocycles. The number of esters is 1. The average molecular weight is 731 g/mol. The third kappa shape index (κ3) is 7.48. The molecule has 16 nitrogen and oxygen atoms in total. The van der Waals surface area contributed by atoms with Gasteiger partial charge in [-0.1, -0.05) is 65.8 Å². The Morgan fingerprint density at radius 3 is 2.62 bits per heavy atom. The summed E-state index contributed by atoms with van der Waals surface area (Å²) in [4.78, 5) is 41.5. The van der Waals surface area contributed by atoms with E-state index >= 15 is 0 Å². The highest BCUT2D eigenvalue weighted by Crippen LogP contribution is 2.50. The lowest BCUT2D eigenvalue weighted by molar-refractivity contribution is -0.146. The van der Waals surface area contributed by atoms with Crippen LogP contribution in [-0.4, -0.2) is 56.3 Å². The van der Waals surface area contributed by atoms with Crippen molar-refractivity contribution in [1.29, 1.82) is 0 Å². The molecule has 0 aliphatic carbocycles. The van der Waals surface area contributed by atoms with Crippen LogP contribution >= 0.6 is 23.7 Å². The highest BCUT2D eigenvalue weighted by Gasteiger charge is 2.56. The first kappa shape index (κ1) is 34.0. The number of hydrogen-bond donors (Lipinski definition) is 4. The van der Waals surface area contributed by atoms with Crippen molar-refractivity contribution >= 4 is 40.4 Å². The van der Waals surface area contributed by atoms with Gasteiger partial charge in [0.05, 0.1) is 11.1 Å². The normalized spacial score (nSPS) is 22.6. The van der Waals surface area contributed by atoms with Crippen LogP contribution in [0.25, 0.3) is 21.2 Å². The van der Waals surface area contributed by atoms with Crippen LogP contribution in [0.5, 0.6) is 5.75 Å². The van der Waals surface area contributed by atoms with E-state index in [2.05, 4.69) is 31.0 Å². The second-order valence-corrected chi connectivity index (χ2v) is 12.9. The van der Waals surface area contributed by atoms with Crippen LogP contribution in [0.4, 0.5) is 0 Å². The number of hydrogen-bond acceptors (Lipinski definition) is 11. The standard InChI is InChI=1S/C29H28BrN6O10P/c1-17(27(40)43-15-18-7-3-2-4-8-18)33-47(42,46-21-12-11-19-9-5-6-10-20(19)23(21)30)44-16-29(34-35-31)25(39)24(38)26(45-29)36-14-13-22(37)32-28(36)41/h2-14,17,24-26,38-39H,15-16H2,1H3,(H,33,42)(H,32,37,41)/t17?,24-,25+,26-,29-,47?/m1/s1. The Balaban J connectivity index is 1.44. The number of benzene rings is 3. The van der Waals surface area contributed by atoms with E-state index in [-0.39, 0.29) is 12.4 Å². The van der Waals surface area contributed by atoms with E-state index in [0.29, 0.717) is 15.4 Å². The summed E-state index contributed by atoms with van der Waals surface area (Å²) in [5.74, 6) is -0.776. The molecule has 0 bridgehead atoms. The zero-order valence-electron chi connectivity index (χ0n) is 24.5. The van der Waals surface area contributed by atoms with Gasteiger partial charge in [0.2, 0.25) is 5.72 Å². The summed E-state index contributed by atoms with van der Waals surface area (Å²) in [6, 6.07) is 19.0. The van der Waals surface area contributed by atoms with E-state index in [1.54, 1.807) is 48.5 Å². The second-order valence-electron chi connectivity index (χ2n) is 10.4. The molecule has 4 N–H and O–H groups in total. The number of halogens is 1. The number of aromatic nitrogens is 2. The number of nitrogens with one attached hydrogen (secondary N) is 2. The van der Waals surface area contributed by atoms with Gasteiger partial charge in [0.25, 0.3) is 5.56 Å². The molecule has 4 aromatic rings. The maximum Gasteiger partial charge on any atom is 0.459 e. The van der Waals surface area contributed by atoms with Crippen LogP contribution in [0, 0.1) is 0 Å². The molecule has 0 spiro atoms. The minimum Gasteiger partial charge on any atom is -0.460 e. The summed E-state index contributed by atoms with van der Waals surface area (Å²) in [7, 11) is -4.68. The fourth-order valence-corrected chi connectivity index (χ4v) is 6.98. The smallest absolute Gasteiger partial charge is 0.459 e. The minimum atomic E-state index is -4.68. The zero-order chi connectivity index (χ0) is 33.8. The van der Waals surface area contributed by atoms with Crippen LogP contribution in [0.2, 0.25) is 0 Å². The Bertz CT molecular complexity index is 1990. The quantitative estimate of drug-likeness (QED) is 0.0541. The van der Waals surface area contributed by atoms with Crippen molar-refractivity contribution < 1.29 is 38.1 Å². The summed E-state index contributed by atoms with van der Waals surface area (Å²) in [6.07, 6.45) is -4.58. The molecular weight excluding hydrogens is 703 g/mol. The molecular formula is C29H28BrN6O10P. The van der Waals surface area contributed by atoms with E-state index in [0.717, 1.165) is 22.2 Å². The summed E-state index contributed by atoms with van der Waals surface area (Å²) >= 11 is 3.45. The summed E-state index contributed by atoms with van der Waals surface area (Å²) in [5, 5.41) is 29.3. The largest absolute Gasteiger partial charge is 0.460 e. The molecule has 0 radical (unpaired) electrons. The Morgan fingerprint density at radius 1 is 1.17 bits per heavy atom. The molecule has 0 amide bonds. The van der Waals surface area contributed by atoms with Crippen molar-refractivity contribution in [3.8, 4) is 5.75 Å². The van der Waals surface area contributed by atoms with Crippen molar-refractivity contribution in [2.75, 3.05) is 6.61 Å². The number of fused-ring (bicyclic) bond motifs is 1. The van der Waals surface area contributed by atoms with Gasteiger partial charge in [-0.25, -0.2) is 9.36 Å². The maximum atomic E-state index is 14.4. The van der Waals surface area contributed by atoms with Crippen molar-refractivity contribution in [2.24, 2.45) is 5.11 Å². The lowest BCUT2D eigenvalue weighted by atomic mass is 10.1. The molecule has 2 heterocycles. The van der Waals surface area contributed by atoms with Gasteiger partial charge in [0.1, 0.15) is 30.6 Å². The van der Waals surface area contributed by atoms with Crippen LogP contribution in [0.3, 0.4) is 0 Å². The van der Waals surface area contributed by atoms with Crippen molar-refractivity contribution in [2.45, 2.75) is 43.7 Å². The zero-order valence-corrected chi connectivity index (χ0v) is 27.0. The van der Waals surface area contributed by atoms with Crippen molar-refractivity contribution in [3.63, 3.8) is 0 Å². The number of nitrogens with zero attached hydrogens (tertiary/aromatic N) is 4. The predicted molar refractivity (Wildman–Crippen MR) is 170 cm³/mol. The first-order valence-electron chi connectivity index (χ1n) is 14.0. The van der Waals surface area contributed by atoms with Crippen LogP contribution < -0.4 is 20.9 Å². The first-order valence-corrected chi connectivity index (χ1v) is 16.3. The molecule has 5 rings (SSSR count). The van der Waals surface area contributed by atoms with Gasteiger partial charge < -0.3 is 24.2 Å². The molecule has 3 aromatic carbocycles. The average Bonchev–Trinajstić information content (AvgIpc) is 3.30. The number of aromatic amines is 1. The van der Waals surface area contributed by atoms with Gasteiger partial charge in [-0.2, -0.15) is 5.09 Å². The number of azide groups is 1. The number of H-pyrrole nitrogens is 1. The fraction of sp³-hybridized carbons (Fsp3) is 0.276. The first-order chi connectivity index (χ1) is 22.4. The Morgan fingerprint density at radius 2 is 1.89 bits per heavy atom. The molecule has 246 valence electrons. The molecule has 6 atom stereocenters. The molecule has 0 saturated carbocycles. The lowest BCUT2D eigenvalue weighted by Gasteiger charge is -2.29. The third-order valence-electron chi connectivity index (χ3n) is 7.16. The molecule has 1 fully saturated rings. The van der Waals surface area contributed by atoms with Crippen LogP contribution in [0.1, 0.15) is 18.7 Å². The Hall–Kier alpha value is -4.31. The van der Waals surface area contributed by atoms with E-state index in [1.165, 1.54) is 13.0 Å². The SMILES string of the molecule is CC(NP(=O)(OC[C@@]1(N=[N+]=[N-])O[C@@H](n2ccc(=O)[nH]c2=O)[C@H](O)[C@@H]1O)Oc1ccc2ccccc2c1Br)C(=O)OCc1ccccc1. The van der Waals surface area contributed by atoms with E-state index in [9.17, 15) is 34.7 Å². The molecule has 1 aromatic heterocycles. The lowest BCUT2D eigenvalue weighted by Crippen LogP contribution is -2.45. The van der Waals surface area contributed by atoms with E-state index < -0.39 is 61.8 Å². The van der Waals surface area contributed by atoms with Crippen molar-refractivity contribution in [3.05, 3.63) is 120 Å². The summed E-state index contributed by atoms with van der Waals surface area (Å²) in [6.45, 7) is 0.275. The fourth-order valence-electron chi connectivity index (χ4n) is 4.75. The maximum absolute atomic E-state index is 14.4.